The predicted molar refractivity (Wildman–Crippen MR) is 61.4 cm³/mol. The summed E-state index contributed by atoms with van der Waals surface area (Å²) in [5.74, 6) is -0.918. The molecule has 5 nitrogen and oxygen atoms in total. The largest absolute Gasteiger partial charge is 0.481 e. The molecule has 0 saturated heterocycles. The smallest absolute Gasteiger partial charge is 0.305 e. The molecular weight excluding hydrogens is 245 g/mol. The first-order chi connectivity index (χ1) is 6.63. The van der Waals surface area contributed by atoms with Crippen molar-refractivity contribution in [3.63, 3.8) is 0 Å². The molecule has 0 aromatic heterocycles. The van der Waals surface area contributed by atoms with Crippen molar-refractivity contribution in [1.29, 1.82) is 0 Å². The Morgan fingerprint density at radius 1 is 1.50 bits per heavy atom. The summed E-state index contributed by atoms with van der Waals surface area (Å²) < 4.78 is 10.0. The predicted octanol–water partition coefficient (Wildman–Crippen LogP) is 0.788. The van der Waals surface area contributed by atoms with Gasteiger partial charge < -0.3 is 19.3 Å². The highest BCUT2D eigenvalue weighted by molar-refractivity contribution is 8.00. The van der Waals surface area contributed by atoms with Crippen LogP contribution in [0.25, 0.3) is 0 Å². The zero-order chi connectivity index (χ0) is 11.0. The van der Waals surface area contributed by atoms with Gasteiger partial charge in [0.15, 0.2) is 0 Å². The average molecular weight is 260 g/mol. The Bertz CT molecular complexity index is 164. The minimum atomic E-state index is -0.918. The van der Waals surface area contributed by atoms with E-state index in [0.717, 1.165) is 0 Å². The van der Waals surface area contributed by atoms with Gasteiger partial charge in [0.25, 0.3) is 0 Å². The second-order valence-corrected chi connectivity index (χ2v) is 4.08. The molecule has 8 heteroatoms. The Hall–Kier alpha value is 0.640. The molecule has 0 bridgehead atoms. The van der Waals surface area contributed by atoms with Gasteiger partial charge in [-0.25, -0.2) is 0 Å². The zero-order valence-electron chi connectivity index (χ0n) is 7.55. The molecule has 0 aromatic rings. The molecular formula is C6H15O5P3. The van der Waals surface area contributed by atoms with Gasteiger partial charge in [0.1, 0.15) is 0 Å². The maximum absolute atomic E-state index is 10.5. The Kier molecular flexibility index (Phi) is 9.32. The summed E-state index contributed by atoms with van der Waals surface area (Å²) in [4.78, 5) is 10.5. The number of carboxylic acid groups (broad SMARTS) is 1. The first-order valence-electron chi connectivity index (χ1n) is 3.93. The number of aliphatic hydroxyl groups is 1. The molecule has 84 valence electrons. The second kappa shape index (κ2) is 8.91. The molecule has 0 heterocycles. The summed E-state index contributed by atoms with van der Waals surface area (Å²) in [6, 6.07) is 0. The standard InChI is InChI=1S/C6H15O5P3/c7-3-5(10-12)1-4(11-14-13)2-6(8)9/h4-5,7,14H,1-3,12-13H2,(H,8,9)/t4-,5+/m1/s1. The van der Waals surface area contributed by atoms with Crippen LogP contribution in [0.15, 0.2) is 0 Å². The van der Waals surface area contributed by atoms with Gasteiger partial charge in [-0.15, -0.1) is 0 Å². The van der Waals surface area contributed by atoms with Crippen LogP contribution >= 0.6 is 26.9 Å². The van der Waals surface area contributed by atoms with Crippen molar-refractivity contribution in [3.8, 4) is 0 Å². The van der Waals surface area contributed by atoms with Crippen LogP contribution in [0.1, 0.15) is 12.8 Å². The molecule has 14 heavy (non-hydrogen) atoms. The van der Waals surface area contributed by atoms with E-state index in [9.17, 15) is 4.79 Å². The fraction of sp³-hybridized carbons (Fsp3) is 0.833. The summed E-state index contributed by atoms with van der Waals surface area (Å²) in [5, 5.41) is 17.4. The second-order valence-electron chi connectivity index (χ2n) is 2.63. The number of carboxylic acids is 1. The highest BCUT2D eigenvalue weighted by atomic mass is 32.0. The van der Waals surface area contributed by atoms with Crippen molar-refractivity contribution in [3.05, 3.63) is 0 Å². The molecule has 0 amide bonds. The average Bonchev–Trinajstić information content (AvgIpc) is 2.13. The highest BCUT2D eigenvalue weighted by Gasteiger charge is 2.18. The van der Waals surface area contributed by atoms with Gasteiger partial charge in [-0.2, -0.15) is 0 Å². The van der Waals surface area contributed by atoms with Crippen LogP contribution in [0.5, 0.6) is 0 Å². The van der Waals surface area contributed by atoms with Crippen molar-refractivity contribution in [2.45, 2.75) is 25.0 Å². The van der Waals surface area contributed by atoms with Gasteiger partial charge in [0.2, 0.25) is 0 Å². The fourth-order valence-electron chi connectivity index (χ4n) is 0.930. The maximum atomic E-state index is 10.5. The Balaban J connectivity index is 3.99. The number of carbonyl (C=O) groups is 1. The Labute approximate surface area is 89.2 Å². The molecule has 0 aliphatic rings. The van der Waals surface area contributed by atoms with E-state index in [1.165, 1.54) is 0 Å². The number of rotatable bonds is 8. The minimum Gasteiger partial charge on any atom is -0.481 e. The number of aliphatic hydroxyl groups excluding tert-OH is 1. The van der Waals surface area contributed by atoms with E-state index in [0.29, 0.717) is 6.42 Å². The molecule has 0 radical (unpaired) electrons. The van der Waals surface area contributed by atoms with Gasteiger partial charge in [-0.3, -0.25) is 4.79 Å². The lowest BCUT2D eigenvalue weighted by Crippen LogP contribution is -2.24. The van der Waals surface area contributed by atoms with Crippen LogP contribution in [0.3, 0.4) is 0 Å². The van der Waals surface area contributed by atoms with E-state index in [1.807, 2.05) is 9.47 Å². The quantitative estimate of drug-likeness (QED) is 0.631. The van der Waals surface area contributed by atoms with Crippen molar-refractivity contribution in [1.82, 2.24) is 0 Å². The molecule has 0 rings (SSSR count). The molecule has 5 atom stereocenters. The maximum Gasteiger partial charge on any atom is 0.305 e. The lowest BCUT2D eigenvalue weighted by Gasteiger charge is -2.19. The van der Waals surface area contributed by atoms with Crippen molar-refractivity contribution < 1.29 is 24.1 Å². The van der Waals surface area contributed by atoms with Gasteiger partial charge in [-0.05, 0) is 0 Å². The first kappa shape index (κ1) is 14.6. The highest BCUT2D eigenvalue weighted by Crippen LogP contribution is 2.27. The van der Waals surface area contributed by atoms with Crippen molar-refractivity contribution in [2.75, 3.05) is 6.61 Å². The van der Waals surface area contributed by atoms with Crippen LogP contribution in [0.2, 0.25) is 0 Å². The summed E-state index contributed by atoms with van der Waals surface area (Å²) in [6.07, 6.45) is -0.522. The molecule has 0 saturated carbocycles. The van der Waals surface area contributed by atoms with E-state index in [-0.39, 0.29) is 21.5 Å². The lowest BCUT2D eigenvalue weighted by molar-refractivity contribution is -0.139. The third-order valence-corrected chi connectivity index (χ3v) is 2.82. The lowest BCUT2D eigenvalue weighted by atomic mass is 10.1. The number of aliphatic carboxylic acids is 1. The number of hydrogen-bond acceptors (Lipinski definition) is 4. The summed E-state index contributed by atoms with van der Waals surface area (Å²) in [5.41, 5.74) is 0. The molecule has 0 fully saturated rings. The van der Waals surface area contributed by atoms with Crippen LogP contribution in [-0.2, 0) is 13.8 Å². The Morgan fingerprint density at radius 3 is 2.50 bits per heavy atom. The van der Waals surface area contributed by atoms with Crippen LogP contribution in [0, 0.1) is 0 Å². The van der Waals surface area contributed by atoms with Gasteiger partial charge in [-0.1, -0.05) is 8.93 Å². The third kappa shape index (κ3) is 7.00. The van der Waals surface area contributed by atoms with E-state index >= 15 is 0 Å². The molecule has 0 aromatic carbocycles. The molecule has 0 aliphatic carbocycles. The summed E-state index contributed by atoms with van der Waals surface area (Å²) in [7, 11) is 4.57. The Morgan fingerprint density at radius 2 is 2.14 bits per heavy atom. The van der Waals surface area contributed by atoms with Crippen molar-refractivity contribution in [2.24, 2.45) is 0 Å². The minimum absolute atomic E-state index is 0.0775. The normalized spacial score (nSPS) is 15.9. The molecule has 0 spiro atoms. The SMILES string of the molecule is O=C(O)C[C@@H](C[C@@H](CO)OP)OPP. The topological polar surface area (TPSA) is 76.0 Å². The van der Waals surface area contributed by atoms with E-state index in [1.54, 1.807) is 0 Å². The zero-order valence-corrected chi connectivity index (χ0v) is 10.9. The van der Waals surface area contributed by atoms with Crippen LogP contribution < -0.4 is 0 Å². The summed E-state index contributed by atoms with van der Waals surface area (Å²) in [6.45, 7) is -0.150. The van der Waals surface area contributed by atoms with E-state index < -0.39 is 18.2 Å². The van der Waals surface area contributed by atoms with Gasteiger partial charge >= 0.3 is 5.97 Å². The molecule has 3 unspecified atom stereocenters. The van der Waals surface area contributed by atoms with Crippen LogP contribution in [-0.4, -0.2) is 35.0 Å². The van der Waals surface area contributed by atoms with Crippen molar-refractivity contribution >= 4 is 32.9 Å². The monoisotopic (exact) mass is 260 g/mol. The molecule has 2 N–H and O–H groups in total. The van der Waals surface area contributed by atoms with Gasteiger partial charge in [0, 0.05) is 24.4 Å². The summed E-state index contributed by atoms with van der Waals surface area (Å²) >= 11 is 0. The van der Waals surface area contributed by atoms with Crippen LogP contribution in [0.4, 0.5) is 0 Å². The number of hydrogen-bond donors (Lipinski definition) is 2. The van der Waals surface area contributed by atoms with E-state index in [4.69, 9.17) is 19.3 Å². The fourth-order valence-corrected chi connectivity index (χ4v) is 2.08. The van der Waals surface area contributed by atoms with Gasteiger partial charge in [0.05, 0.1) is 25.2 Å². The molecule has 0 aliphatic heterocycles. The van der Waals surface area contributed by atoms with E-state index in [2.05, 4.69) is 8.93 Å². The third-order valence-electron chi connectivity index (χ3n) is 1.56. The first-order valence-corrected chi connectivity index (χ1v) is 7.12.